The fraction of sp³-hybridized carbons (Fsp3) is 0.222. The molecule has 3 aromatic heterocycles. The molecule has 0 unspecified atom stereocenters. The smallest absolute Gasteiger partial charge is 0.259 e. The van der Waals surface area contributed by atoms with Crippen LogP contribution in [0.25, 0.3) is 0 Å². The van der Waals surface area contributed by atoms with Gasteiger partial charge in [0, 0.05) is 4.88 Å². The summed E-state index contributed by atoms with van der Waals surface area (Å²) in [5.41, 5.74) is 2.25. The SMILES string of the molecule is O=C(Nc1sc2c(c1C(=O)c1cccs1)CCCC2)c1ccoc1. The molecule has 0 spiro atoms. The lowest BCUT2D eigenvalue weighted by Crippen LogP contribution is -2.14. The van der Waals surface area contributed by atoms with E-state index >= 15 is 0 Å². The van der Waals surface area contributed by atoms with Gasteiger partial charge in [0.2, 0.25) is 5.78 Å². The lowest BCUT2D eigenvalue weighted by atomic mass is 9.93. The first kappa shape index (κ1) is 15.4. The van der Waals surface area contributed by atoms with E-state index in [9.17, 15) is 9.59 Å². The summed E-state index contributed by atoms with van der Waals surface area (Å²) in [7, 11) is 0. The van der Waals surface area contributed by atoms with Crippen LogP contribution in [0.15, 0.2) is 40.5 Å². The third-order valence-electron chi connectivity index (χ3n) is 4.15. The number of amides is 1. The topological polar surface area (TPSA) is 59.3 Å². The maximum Gasteiger partial charge on any atom is 0.259 e. The van der Waals surface area contributed by atoms with Crippen molar-refractivity contribution in [2.75, 3.05) is 5.32 Å². The first-order valence-electron chi connectivity index (χ1n) is 7.80. The van der Waals surface area contributed by atoms with Crippen molar-refractivity contribution in [1.29, 1.82) is 0 Å². The van der Waals surface area contributed by atoms with Crippen LogP contribution < -0.4 is 5.32 Å². The number of thiophene rings is 2. The van der Waals surface area contributed by atoms with Crippen LogP contribution in [0.1, 0.15) is 48.9 Å². The second-order valence-electron chi connectivity index (χ2n) is 5.69. The zero-order chi connectivity index (χ0) is 16.5. The second kappa shape index (κ2) is 6.37. The van der Waals surface area contributed by atoms with Crippen molar-refractivity contribution < 1.29 is 14.0 Å². The predicted molar refractivity (Wildman–Crippen MR) is 95.4 cm³/mol. The third-order valence-corrected chi connectivity index (χ3v) is 6.23. The Morgan fingerprint density at radius 1 is 1.17 bits per heavy atom. The number of aryl methyl sites for hydroxylation is 1. The fourth-order valence-corrected chi connectivity index (χ4v) is 4.95. The van der Waals surface area contributed by atoms with Gasteiger partial charge >= 0.3 is 0 Å². The fourth-order valence-electron chi connectivity index (χ4n) is 2.99. The van der Waals surface area contributed by atoms with E-state index in [1.165, 1.54) is 40.1 Å². The Kier molecular flexibility index (Phi) is 4.08. The Morgan fingerprint density at radius 3 is 2.79 bits per heavy atom. The molecule has 0 aromatic carbocycles. The highest BCUT2D eigenvalue weighted by Crippen LogP contribution is 2.40. The maximum absolute atomic E-state index is 13.0. The van der Waals surface area contributed by atoms with Gasteiger partial charge in [-0.3, -0.25) is 9.59 Å². The highest BCUT2D eigenvalue weighted by Gasteiger charge is 2.27. The molecule has 4 rings (SSSR count). The number of carbonyl (C=O) groups excluding carboxylic acids is 2. The average molecular weight is 357 g/mol. The van der Waals surface area contributed by atoms with Crippen molar-refractivity contribution in [3.8, 4) is 0 Å². The highest BCUT2D eigenvalue weighted by atomic mass is 32.1. The van der Waals surface area contributed by atoms with Gasteiger partial charge in [-0.2, -0.15) is 0 Å². The molecule has 3 heterocycles. The van der Waals surface area contributed by atoms with Gasteiger partial charge in [0.15, 0.2) is 0 Å². The molecule has 1 N–H and O–H groups in total. The Hall–Kier alpha value is -2.18. The molecule has 0 atom stereocenters. The van der Waals surface area contributed by atoms with Crippen molar-refractivity contribution in [2.24, 2.45) is 0 Å². The summed E-state index contributed by atoms with van der Waals surface area (Å²) in [5, 5.41) is 5.47. The zero-order valence-corrected chi connectivity index (χ0v) is 14.5. The quantitative estimate of drug-likeness (QED) is 0.685. The minimum atomic E-state index is -0.248. The van der Waals surface area contributed by atoms with Crippen LogP contribution in [0, 0.1) is 0 Å². The highest BCUT2D eigenvalue weighted by molar-refractivity contribution is 7.17. The van der Waals surface area contributed by atoms with Gasteiger partial charge in [0.1, 0.15) is 11.3 Å². The van der Waals surface area contributed by atoms with Gasteiger partial charge in [0.25, 0.3) is 5.91 Å². The summed E-state index contributed by atoms with van der Waals surface area (Å²) in [6, 6.07) is 5.33. The molecule has 0 radical (unpaired) electrons. The van der Waals surface area contributed by atoms with E-state index in [0.29, 0.717) is 21.0 Å². The predicted octanol–water partition coefficient (Wildman–Crippen LogP) is 4.76. The van der Waals surface area contributed by atoms with E-state index in [1.807, 2.05) is 17.5 Å². The summed E-state index contributed by atoms with van der Waals surface area (Å²) < 4.78 is 4.97. The van der Waals surface area contributed by atoms with Gasteiger partial charge in [-0.15, -0.1) is 22.7 Å². The Balaban J connectivity index is 1.74. The van der Waals surface area contributed by atoms with E-state index in [-0.39, 0.29) is 11.7 Å². The van der Waals surface area contributed by atoms with Gasteiger partial charge < -0.3 is 9.73 Å². The Bertz CT molecular complexity index is 876. The van der Waals surface area contributed by atoms with E-state index in [0.717, 1.165) is 31.2 Å². The van der Waals surface area contributed by atoms with Crippen LogP contribution in [0.4, 0.5) is 5.00 Å². The average Bonchev–Trinajstić information content (AvgIpc) is 3.33. The molecule has 4 nitrogen and oxygen atoms in total. The molecule has 0 bridgehead atoms. The van der Waals surface area contributed by atoms with E-state index in [1.54, 1.807) is 6.07 Å². The van der Waals surface area contributed by atoms with Gasteiger partial charge in [-0.25, -0.2) is 0 Å². The second-order valence-corrected chi connectivity index (χ2v) is 7.74. The van der Waals surface area contributed by atoms with Crippen LogP contribution in [0.5, 0.6) is 0 Å². The Labute approximate surface area is 147 Å². The molecule has 1 amide bonds. The molecular formula is C18H15NO3S2. The molecule has 3 aromatic rings. The summed E-state index contributed by atoms with van der Waals surface area (Å²) >= 11 is 2.97. The lowest BCUT2D eigenvalue weighted by Gasteiger charge is -2.12. The number of furan rings is 1. The number of anilines is 1. The van der Waals surface area contributed by atoms with Crippen LogP contribution in [0.2, 0.25) is 0 Å². The first-order chi connectivity index (χ1) is 11.7. The minimum absolute atomic E-state index is 0.00638. The minimum Gasteiger partial charge on any atom is -0.472 e. The normalized spacial score (nSPS) is 13.5. The molecule has 1 aliphatic carbocycles. The lowest BCUT2D eigenvalue weighted by molar-refractivity contribution is 0.102. The number of nitrogens with one attached hydrogen (secondary N) is 1. The van der Waals surface area contributed by atoms with Crippen LogP contribution in [0.3, 0.4) is 0 Å². The van der Waals surface area contributed by atoms with Crippen molar-refractivity contribution in [1.82, 2.24) is 0 Å². The third kappa shape index (κ3) is 2.72. The number of rotatable bonds is 4. The molecule has 0 saturated heterocycles. The standard InChI is InChI=1S/C18H15NO3S2/c20-16(14-6-3-9-23-14)15-12-4-1-2-5-13(12)24-18(15)19-17(21)11-7-8-22-10-11/h3,6-10H,1-2,4-5H2,(H,19,21). The van der Waals surface area contributed by atoms with E-state index in [2.05, 4.69) is 5.32 Å². The van der Waals surface area contributed by atoms with Crippen molar-refractivity contribution in [3.05, 3.63) is 62.6 Å². The molecule has 0 saturated carbocycles. The largest absolute Gasteiger partial charge is 0.472 e. The molecule has 6 heteroatoms. The van der Waals surface area contributed by atoms with Crippen LogP contribution in [-0.2, 0) is 12.8 Å². The molecule has 1 aliphatic rings. The molecule has 122 valence electrons. The summed E-state index contributed by atoms with van der Waals surface area (Å²) in [6.45, 7) is 0. The van der Waals surface area contributed by atoms with Crippen LogP contribution in [-0.4, -0.2) is 11.7 Å². The summed E-state index contributed by atoms with van der Waals surface area (Å²) in [4.78, 5) is 27.3. The number of hydrogen-bond donors (Lipinski definition) is 1. The maximum atomic E-state index is 13.0. The first-order valence-corrected chi connectivity index (χ1v) is 9.50. The van der Waals surface area contributed by atoms with Crippen molar-refractivity contribution >= 4 is 39.4 Å². The van der Waals surface area contributed by atoms with Crippen molar-refractivity contribution in [3.63, 3.8) is 0 Å². The number of hydrogen-bond acceptors (Lipinski definition) is 5. The monoisotopic (exact) mass is 357 g/mol. The summed E-state index contributed by atoms with van der Waals surface area (Å²) in [5.74, 6) is -0.241. The number of ketones is 1. The van der Waals surface area contributed by atoms with Gasteiger partial charge in [-0.05, 0) is 48.8 Å². The molecule has 0 aliphatic heterocycles. The number of fused-ring (bicyclic) bond motifs is 1. The van der Waals surface area contributed by atoms with Gasteiger partial charge in [-0.1, -0.05) is 6.07 Å². The van der Waals surface area contributed by atoms with Crippen molar-refractivity contribution in [2.45, 2.75) is 25.7 Å². The van der Waals surface area contributed by atoms with E-state index in [4.69, 9.17) is 4.42 Å². The Morgan fingerprint density at radius 2 is 2.04 bits per heavy atom. The van der Waals surface area contributed by atoms with Crippen LogP contribution >= 0.6 is 22.7 Å². The molecule has 24 heavy (non-hydrogen) atoms. The molecule has 0 fully saturated rings. The summed E-state index contributed by atoms with van der Waals surface area (Å²) in [6.07, 6.45) is 6.97. The van der Waals surface area contributed by atoms with E-state index < -0.39 is 0 Å². The zero-order valence-electron chi connectivity index (χ0n) is 12.8. The number of carbonyl (C=O) groups is 2. The van der Waals surface area contributed by atoms with Gasteiger partial charge in [0.05, 0.1) is 22.3 Å². The molecular weight excluding hydrogens is 342 g/mol.